The van der Waals surface area contributed by atoms with Crippen molar-refractivity contribution >= 4 is 23.2 Å². The molecule has 3 fully saturated rings. The van der Waals surface area contributed by atoms with Gasteiger partial charge in [-0.3, -0.25) is 19.4 Å². The average Bonchev–Trinajstić information content (AvgIpc) is 3.22. The molecular weight excluding hydrogens is 459 g/mol. The fourth-order valence-electron chi connectivity index (χ4n) is 5.64. The minimum Gasteiger partial charge on any atom is -0.494 e. The number of piperidine rings is 1. The highest BCUT2D eigenvalue weighted by molar-refractivity contribution is 6.22. The molecule has 0 saturated carbocycles. The van der Waals surface area contributed by atoms with Crippen LogP contribution < -0.4 is 14.5 Å². The lowest BCUT2D eigenvalue weighted by molar-refractivity contribution is -0.123. The Balaban J connectivity index is 1.12. The van der Waals surface area contributed by atoms with Crippen LogP contribution in [0.5, 0.6) is 5.75 Å². The lowest BCUT2D eigenvalue weighted by Gasteiger charge is -2.44. The predicted molar refractivity (Wildman–Crippen MR) is 138 cm³/mol. The normalized spacial score (nSPS) is 22.4. The van der Waals surface area contributed by atoms with Gasteiger partial charge in [-0.25, -0.2) is 9.29 Å². The first-order valence-electron chi connectivity index (χ1n) is 13.1. The molecule has 3 aliphatic rings. The third-order valence-electron chi connectivity index (χ3n) is 7.65. The van der Waals surface area contributed by atoms with Gasteiger partial charge in [-0.05, 0) is 67.8 Å². The summed E-state index contributed by atoms with van der Waals surface area (Å²) in [7, 11) is 0. The molecule has 1 atom stereocenters. The van der Waals surface area contributed by atoms with E-state index in [1.54, 1.807) is 12.1 Å². The monoisotopic (exact) mass is 494 g/mol. The summed E-state index contributed by atoms with van der Waals surface area (Å²) in [5.74, 6) is 0.293. The molecule has 192 valence electrons. The van der Waals surface area contributed by atoms with Crippen molar-refractivity contribution in [3.63, 3.8) is 0 Å². The second kappa shape index (κ2) is 11.0. The van der Waals surface area contributed by atoms with E-state index in [0.29, 0.717) is 18.3 Å². The SMILES string of the molecule is CCCOc1ccc(N2C(=O)C[C@H](N3CCC(N4CCN(c5ccc(F)cc5)CC4)CC3)C2=O)cc1. The number of imide groups is 1. The van der Waals surface area contributed by atoms with E-state index in [9.17, 15) is 14.0 Å². The van der Waals surface area contributed by atoms with Crippen molar-refractivity contribution in [2.75, 3.05) is 55.7 Å². The number of hydrogen-bond donors (Lipinski definition) is 0. The van der Waals surface area contributed by atoms with Crippen molar-refractivity contribution in [2.24, 2.45) is 0 Å². The second-order valence-electron chi connectivity index (χ2n) is 9.90. The Morgan fingerprint density at radius 2 is 1.47 bits per heavy atom. The smallest absolute Gasteiger partial charge is 0.251 e. The van der Waals surface area contributed by atoms with E-state index in [4.69, 9.17) is 4.74 Å². The number of carbonyl (C=O) groups is 2. The van der Waals surface area contributed by atoms with Crippen molar-refractivity contribution in [1.82, 2.24) is 9.80 Å². The van der Waals surface area contributed by atoms with Crippen molar-refractivity contribution < 1.29 is 18.7 Å². The summed E-state index contributed by atoms with van der Waals surface area (Å²) in [6.07, 6.45) is 3.17. The van der Waals surface area contributed by atoms with Gasteiger partial charge in [0.05, 0.1) is 24.8 Å². The van der Waals surface area contributed by atoms with E-state index in [0.717, 1.165) is 70.0 Å². The molecule has 0 spiro atoms. The van der Waals surface area contributed by atoms with Gasteiger partial charge in [0, 0.05) is 51.0 Å². The largest absolute Gasteiger partial charge is 0.494 e. The standard InChI is InChI=1S/C28H35FN4O3/c1-2-19-36-25-9-7-24(8-10-25)33-27(34)20-26(28(33)35)32-13-11-23(12-14-32)31-17-15-30(16-18-31)22-5-3-21(29)4-6-22/h3-10,23,26H,2,11-20H2,1H3/t26-/m0/s1. The number of carbonyl (C=O) groups excluding carboxylic acids is 2. The number of hydrogen-bond acceptors (Lipinski definition) is 6. The fraction of sp³-hybridized carbons (Fsp3) is 0.500. The maximum Gasteiger partial charge on any atom is 0.251 e. The molecule has 0 aliphatic carbocycles. The highest BCUT2D eigenvalue weighted by atomic mass is 19.1. The van der Waals surface area contributed by atoms with E-state index in [2.05, 4.69) is 21.6 Å². The summed E-state index contributed by atoms with van der Waals surface area (Å²) < 4.78 is 18.8. The van der Waals surface area contributed by atoms with Crippen LogP contribution in [0.1, 0.15) is 32.6 Å². The van der Waals surface area contributed by atoms with Crippen LogP contribution in [0.4, 0.5) is 15.8 Å². The zero-order chi connectivity index (χ0) is 25.1. The van der Waals surface area contributed by atoms with Crippen LogP contribution in [0.15, 0.2) is 48.5 Å². The second-order valence-corrected chi connectivity index (χ2v) is 9.90. The van der Waals surface area contributed by atoms with Crippen molar-refractivity contribution in [3.8, 4) is 5.75 Å². The zero-order valence-electron chi connectivity index (χ0n) is 20.9. The topological polar surface area (TPSA) is 56.3 Å². The van der Waals surface area contributed by atoms with Gasteiger partial charge in [0.15, 0.2) is 0 Å². The van der Waals surface area contributed by atoms with Crippen molar-refractivity contribution in [1.29, 1.82) is 0 Å². The number of rotatable bonds is 7. The molecule has 8 heteroatoms. The van der Waals surface area contributed by atoms with Gasteiger partial charge in [-0.1, -0.05) is 6.92 Å². The summed E-state index contributed by atoms with van der Waals surface area (Å²) in [5, 5.41) is 0. The number of nitrogens with zero attached hydrogens (tertiary/aromatic N) is 4. The van der Waals surface area contributed by atoms with E-state index in [1.807, 2.05) is 24.3 Å². The summed E-state index contributed by atoms with van der Waals surface area (Å²) >= 11 is 0. The highest BCUT2D eigenvalue weighted by Crippen LogP contribution is 2.30. The van der Waals surface area contributed by atoms with Gasteiger partial charge in [0.1, 0.15) is 11.6 Å². The average molecular weight is 495 g/mol. The maximum atomic E-state index is 13.2. The molecule has 36 heavy (non-hydrogen) atoms. The van der Waals surface area contributed by atoms with Crippen LogP contribution in [0.25, 0.3) is 0 Å². The van der Waals surface area contributed by atoms with Crippen LogP contribution in [0.2, 0.25) is 0 Å². The first-order chi connectivity index (χ1) is 17.5. The van der Waals surface area contributed by atoms with Crippen LogP contribution in [-0.4, -0.2) is 79.6 Å². The molecule has 2 amide bonds. The van der Waals surface area contributed by atoms with Gasteiger partial charge in [-0.15, -0.1) is 0 Å². The summed E-state index contributed by atoms with van der Waals surface area (Å²) in [6.45, 7) is 8.16. The van der Waals surface area contributed by atoms with Crippen LogP contribution in [0.3, 0.4) is 0 Å². The molecule has 0 unspecified atom stereocenters. The van der Waals surface area contributed by atoms with Crippen LogP contribution >= 0.6 is 0 Å². The summed E-state index contributed by atoms with van der Waals surface area (Å²) in [4.78, 5) is 34.4. The minimum atomic E-state index is -0.371. The van der Waals surface area contributed by atoms with E-state index < -0.39 is 0 Å². The third kappa shape index (κ3) is 5.25. The van der Waals surface area contributed by atoms with Gasteiger partial charge < -0.3 is 9.64 Å². The Morgan fingerprint density at radius 3 is 2.11 bits per heavy atom. The van der Waals surface area contributed by atoms with Gasteiger partial charge in [0.2, 0.25) is 5.91 Å². The van der Waals surface area contributed by atoms with Gasteiger partial charge in [-0.2, -0.15) is 0 Å². The molecule has 5 rings (SSSR count). The Kier molecular flexibility index (Phi) is 7.53. The number of amides is 2. The molecule has 2 aromatic carbocycles. The first-order valence-corrected chi connectivity index (χ1v) is 13.1. The number of anilines is 2. The first kappa shape index (κ1) is 24.7. The summed E-state index contributed by atoms with van der Waals surface area (Å²) in [6, 6.07) is 14.1. The van der Waals surface area contributed by atoms with Crippen molar-refractivity contribution in [2.45, 2.75) is 44.7 Å². The molecule has 0 aromatic heterocycles. The lowest BCUT2D eigenvalue weighted by Crippen LogP contribution is -2.55. The molecule has 3 aliphatic heterocycles. The fourth-order valence-corrected chi connectivity index (χ4v) is 5.64. The molecule has 0 N–H and O–H groups in total. The number of halogens is 1. The van der Waals surface area contributed by atoms with Gasteiger partial charge >= 0.3 is 0 Å². The molecule has 2 aromatic rings. The number of likely N-dealkylation sites (tertiary alicyclic amines) is 1. The quantitative estimate of drug-likeness (QED) is 0.549. The highest BCUT2D eigenvalue weighted by Gasteiger charge is 2.44. The van der Waals surface area contributed by atoms with Crippen LogP contribution in [-0.2, 0) is 9.59 Å². The molecule has 7 nitrogen and oxygen atoms in total. The summed E-state index contributed by atoms with van der Waals surface area (Å²) in [5.41, 5.74) is 1.69. The van der Waals surface area contributed by atoms with Gasteiger partial charge in [0.25, 0.3) is 5.91 Å². The number of piperazine rings is 1. The number of benzene rings is 2. The Labute approximate surface area is 212 Å². The predicted octanol–water partition coefficient (Wildman–Crippen LogP) is 3.53. The van der Waals surface area contributed by atoms with E-state index in [1.165, 1.54) is 17.0 Å². The Hall–Kier alpha value is -2.97. The zero-order valence-corrected chi connectivity index (χ0v) is 20.9. The molecule has 3 saturated heterocycles. The molecule has 0 bridgehead atoms. The van der Waals surface area contributed by atoms with E-state index in [-0.39, 0.29) is 30.1 Å². The maximum absolute atomic E-state index is 13.2. The lowest BCUT2D eigenvalue weighted by atomic mass is 10.00. The van der Waals surface area contributed by atoms with E-state index >= 15 is 0 Å². The Bertz CT molecular complexity index is 1050. The number of ether oxygens (including phenoxy) is 1. The third-order valence-corrected chi connectivity index (χ3v) is 7.65. The minimum absolute atomic E-state index is 0.117. The van der Waals surface area contributed by atoms with Crippen molar-refractivity contribution in [3.05, 3.63) is 54.3 Å². The molecule has 3 heterocycles. The Morgan fingerprint density at radius 1 is 0.833 bits per heavy atom. The molecular formula is C28H35FN4O3. The molecule has 0 radical (unpaired) electrons. The van der Waals surface area contributed by atoms with Crippen LogP contribution in [0, 0.1) is 5.82 Å².